The second-order valence-electron chi connectivity index (χ2n) is 8.23. The minimum Gasteiger partial charge on any atom is -0.387 e. The molecule has 3 N–H and O–H groups in total. The molecule has 7 heteroatoms. The van der Waals surface area contributed by atoms with Crippen molar-refractivity contribution in [1.82, 2.24) is 10.3 Å². The smallest absolute Gasteiger partial charge is 0.282 e. The molecule has 3 rings (SSSR count). The van der Waals surface area contributed by atoms with Crippen LogP contribution in [-0.4, -0.2) is 42.4 Å². The van der Waals surface area contributed by atoms with Crippen LogP contribution >= 0.6 is 0 Å². The lowest BCUT2D eigenvalue weighted by atomic mass is 10.0. The molecule has 0 bridgehead atoms. The molecule has 1 fully saturated rings. The Labute approximate surface area is 171 Å². The summed E-state index contributed by atoms with van der Waals surface area (Å²) in [5.74, 6) is 0.643. The maximum absolute atomic E-state index is 14.1. The molecular formula is C22H30FN5O. The molecule has 1 aliphatic heterocycles. The third-order valence-corrected chi connectivity index (χ3v) is 5.27. The Bertz CT molecular complexity index is 928. The molecule has 1 aromatic heterocycles. The first kappa shape index (κ1) is 21.2. The number of piperidine rings is 1. The first-order valence-electron chi connectivity index (χ1n) is 10.2. The molecule has 1 saturated heterocycles. The van der Waals surface area contributed by atoms with Gasteiger partial charge in [0.05, 0.1) is 11.1 Å². The van der Waals surface area contributed by atoms with E-state index in [1.807, 2.05) is 0 Å². The second-order valence-corrected chi connectivity index (χ2v) is 8.23. The van der Waals surface area contributed by atoms with E-state index in [0.717, 1.165) is 37.9 Å². The summed E-state index contributed by atoms with van der Waals surface area (Å²) in [5, 5.41) is 4.32. The number of aromatic nitrogens is 1. The molecule has 2 heterocycles. The van der Waals surface area contributed by atoms with Gasteiger partial charge >= 0.3 is 0 Å². The molecule has 1 aromatic carbocycles. The van der Waals surface area contributed by atoms with Gasteiger partial charge in [-0.05, 0) is 57.4 Å². The molecule has 0 atom stereocenters. The van der Waals surface area contributed by atoms with E-state index < -0.39 is 5.91 Å². The van der Waals surface area contributed by atoms with Crippen LogP contribution in [0.25, 0.3) is 10.9 Å². The highest BCUT2D eigenvalue weighted by Gasteiger charge is 2.25. The van der Waals surface area contributed by atoms with Crippen LogP contribution in [0.1, 0.15) is 49.5 Å². The lowest BCUT2D eigenvalue weighted by Gasteiger charge is -2.34. The first-order chi connectivity index (χ1) is 13.8. The van der Waals surface area contributed by atoms with Crippen molar-refractivity contribution < 1.29 is 9.18 Å². The van der Waals surface area contributed by atoms with Crippen LogP contribution in [0.15, 0.2) is 23.2 Å². The second kappa shape index (κ2) is 8.86. The number of benzene rings is 1. The highest BCUT2D eigenvalue weighted by atomic mass is 19.1. The van der Waals surface area contributed by atoms with E-state index in [2.05, 4.69) is 29.1 Å². The van der Waals surface area contributed by atoms with Gasteiger partial charge in [0.25, 0.3) is 5.91 Å². The molecule has 2 aromatic rings. The average Bonchev–Trinajstić information content (AvgIpc) is 2.68. The number of hydrogen-bond acceptors (Lipinski definition) is 4. The fourth-order valence-electron chi connectivity index (χ4n) is 3.66. The Kier molecular flexibility index (Phi) is 6.47. The zero-order valence-electron chi connectivity index (χ0n) is 17.6. The number of anilines is 1. The Hall–Kier alpha value is -2.54. The zero-order chi connectivity index (χ0) is 21.1. The lowest BCUT2D eigenvalue weighted by Crippen LogP contribution is -2.44. The predicted octanol–water partition coefficient (Wildman–Crippen LogP) is 3.41. The number of carbonyl (C=O) groups excluding carboxylic acids is 1. The number of amidine groups is 1. The number of hydrogen-bond donors (Lipinski definition) is 2. The topological polar surface area (TPSA) is 83.6 Å². The predicted molar refractivity (Wildman–Crippen MR) is 116 cm³/mol. The van der Waals surface area contributed by atoms with Crippen molar-refractivity contribution in [3.05, 3.63) is 35.1 Å². The Morgan fingerprint density at radius 3 is 2.69 bits per heavy atom. The molecule has 0 aliphatic carbocycles. The van der Waals surface area contributed by atoms with E-state index in [1.165, 1.54) is 6.07 Å². The minimum absolute atomic E-state index is 0.202. The molecule has 0 spiro atoms. The Balaban J connectivity index is 1.95. The lowest BCUT2D eigenvalue weighted by molar-refractivity contribution is 0.100. The van der Waals surface area contributed by atoms with E-state index in [1.54, 1.807) is 26.0 Å². The highest BCUT2D eigenvalue weighted by Crippen LogP contribution is 2.29. The standard InChI is InChI=1S/C22H30FN5O/c1-13(2)12-25-17-7-9-28(10-8-17)21-18(22(29)26-15(4)24)11-16-5-6-19(23)14(3)20(16)27-21/h5-6,11,13,17,25H,7-10,12H2,1-4H3,(H2,24,26,29). The average molecular weight is 400 g/mol. The summed E-state index contributed by atoms with van der Waals surface area (Å²) in [6.07, 6.45) is 1.92. The van der Waals surface area contributed by atoms with Gasteiger partial charge in [-0.25, -0.2) is 9.37 Å². The van der Waals surface area contributed by atoms with Gasteiger partial charge in [-0.15, -0.1) is 0 Å². The third kappa shape index (κ3) is 4.90. The number of fused-ring (bicyclic) bond motifs is 1. The van der Waals surface area contributed by atoms with E-state index in [4.69, 9.17) is 10.7 Å². The summed E-state index contributed by atoms with van der Waals surface area (Å²) in [6.45, 7) is 10.2. The van der Waals surface area contributed by atoms with E-state index in [-0.39, 0.29) is 11.7 Å². The molecule has 156 valence electrons. The quantitative estimate of drug-likeness (QED) is 0.595. The number of nitrogens with one attached hydrogen (secondary N) is 1. The van der Waals surface area contributed by atoms with Gasteiger partial charge in [0.1, 0.15) is 17.5 Å². The largest absolute Gasteiger partial charge is 0.387 e. The zero-order valence-corrected chi connectivity index (χ0v) is 17.6. The highest BCUT2D eigenvalue weighted by molar-refractivity contribution is 6.07. The summed E-state index contributed by atoms with van der Waals surface area (Å²) < 4.78 is 14.1. The summed E-state index contributed by atoms with van der Waals surface area (Å²) >= 11 is 0. The van der Waals surface area contributed by atoms with Crippen molar-refractivity contribution in [2.75, 3.05) is 24.5 Å². The Morgan fingerprint density at radius 1 is 1.38 bits per heavy atom. The van der Waals surface area contributed by atoms with Crippen LogP contribution in [0.2, 0.25) is 0 Å². The third-order valence-electron chi connectivity index (χ3n) is 5.27. The van der Waals surface area contributed by atoms with Crippen LogP contribution in [0.4, 0.5) is 10.2 Å². The number of nitrogens with two attached hydrogens (primary N) is 1. The molecule has 0 radical (unpaired) electrons. The SMILES string of the molecule is CC(N)=NC(=O)c1cc2ccc(F)c(C)c2nc1N1CCC(NCC(C)C)CC1. The van der Waals surface area contributed by atoms with Gasteiger partial charge in [-0.3, -0.25) is 4.79 Å². The fourth-order valence-corrected chi connectivity index (χ4v) is 3.66. The van der Waals surface area contributed by atoms with Crippen LogP contribution in [-0.2, 0) is 0 Å². The maximum atomic E-state index is 14.1. The molecule has 1 amide bonds. The van der Waals surface area contributed by atoms with Crippen molar-refractivity contribution in [3.63, 3.8) is 0 Å². The van der Waals surface area contributed by atoms with Crippen LogP contribution in [0.5, 0.6) is 0 Å². The maximum Gasteiger partial charge on any atom is 0.282 e. The van der Waals surface area contributed by atoms with Gasteiger partial charge in [0.2, 0.25) is 0 Å². The van der Waals surface area contributed by atoms with Crippen LogP contribution in [0.3, 0.4) is 0 Å². The number of amides is 1. The number of halogens is 1. The van der Waals surface area contributed by atoms with Crippen molar-refractivity contribution in [3.8, 4) is 0 Å². The van der Waals surface area contributed by atoms with Crippen molar-refractivity contribution in [2.24, 2.45) is 16.6 Å². The van der Waals surface area contributed by atoms with E-state index >= 15 is 0 Å². The Morgan fingerprint density at radius 2 is 2.07 bits per heavy atom. The first-order valence-corrected chi connectivity index (χ1v) is 10.2. The number of rotatable bonds is 5. The number of carbonyl (C=O) groups is 1. The van der Waals surface area contributed by atoms with Gasteiger partial charge in [-0.1, -0.05) is 13.8 Å². The number of nitrogens with zero attached hydrogens (tertiary/aromatic N) is 3. The fraction of sp³-hybridized carbons (Fsp3) is 0.500. The van der Waals surface area contributed by atoms with Gasteiger partial charge < -0.3 is 16.0 Å². The van der Waals surface area contributed by atoms with E-state index in [9.17, 15) is 9.18 Å². The summed E-state index contributed by atoms with van der Waals surface area (Å²) in [5.41, 5.74) is 7.09. The normalized spacial score (nSPS) is 16.1. The molecular weight excluding hydrogens is 369 g/mol. The van der Waals surface area contributed by atoms with Gasteiger partial charge in [0, 0.05) is 30.1 Å². The molecule has 0 saturated carbocycles. The van der Waals surface area contributed by atoms with Crippen LogP contribution in [0, 0.1) is 18.7 Å². The molecule has 29 heavy (non-hydrogen) atoms. The van der Waals surface area contributed by atoms with E-state index in [0.29, 0.717) is 34.4 Å². The monoisotopic (exact) mass is 399 g/mol. The molecule has 6 nitrogen and oxygen atoms in total. The van der Waals surface area contributed by atoms with Gasteiger partial charge in [0.15, 0.2) is 0 Å². The number of aryl methyl sites for hydroxylation is 1. The number of aliphatic imine (C=N–C) groups is 1. The van der Waals surface area contributed by atoms with Gasteiger partial charge in [-0.2, -0.15) is 4.99 Å². The van der Waals surface area contributed by atoms with Crippen LogP contribution < -0.4 is 16.0 Å². The summed E-state index contributed by atoms with van der Waals surface area (Å²) in [4.78, 5) is 23.5. The minimum atomic E-state index is -0.420. The summed E-state index contributed by atoms with van der Waals surface area (Å²) in [6, 6.07) is 5.25. The molecule has 0 unspecified atom stereocenters. The van der Waals surface area contributed by atoms with Crippen molar-refractivity contribution in [1.29, 1.82) is 0 Å². The molecule has 1 aliphatic rings. The van der Waals surface area contributed by atoms with Crippen molar-refractivity contribution >= 4 is 28.5 Å². The van der Waals surface area contributed by atoms with Crippen molar-refractivity contribution in [2.45, 2.75) is 46.6 Å². The number of pyridine rings is 1. The summed E-state index contributed by atoms with van der Waals surface area (Å²) in [7, 11) is 0.